The molecule has 2 aromatic rings. The fourth-order valence-electron chi connectivity index (χ4n) is 2.51. The minimum atomic E-state index is -3.85. The summed E-state index contributed by atoms with van der Waals surface area (Å²) in [5.74, 6) is -1.82. The Hall–Kier alpha value is -3.04. The number of rotatable bonds is 10. The van der Waals surface area contributed by atoms with Gasteiger partial charge < -0.3 is 10.1 Å². The molecule has 0 aromatic heterocycles. The predicted molar refractivity (Wildman–Crippen MR) is 110 cm³/mol. The molecule has 2 aromatic carbocycles. The number of carbonyl (C=O) groups is 3. The first-order valence-corrected chi connectivity index (χ1v) is 10.8. The van der Waals surface area contributed by atoms with Gasteiger partial charge in [0.1, 0.15) is 6.54 Å². The molecule has 1 amide bonds. The van der Waals surface area contributed by atoms with Gasteiger partial charge in [-0.05, 0) is 25.5 Å². The monoisotopic (exact) mass is 432 g/mol. The molecule has 0 heterocycles. The molecule has 2 N–H and O–H groups in total. The summed E-state index contributed by atoms with van der Waals surface area (Å²) in [6.07, 6.45) is -0.680. The molecule has 9 heteroatoms. The van der Waals surface area contributed by atoms with E-state index in [0.717, 1.165) is 5.56 Å². The molecule has 0 saturated heterocycles. The molecule has 1 atom stereocenters. The number of benzene rings is 2. The van der Waals surface area contributed by atoms with Gasteiger partial charge in [-0.25, -0.2) is 13.1 Å². The van der Waals surface area contributed by atoms with Crippen molar-refractivity contribution in [2.75, 3.05) is 13.1 Å². The average Bonchev–Trinajstić information content (AvgIpc) is 2.75. The molecule has 0 aliphatic carbocycles. The number of nitrogens with one attached hydrogen (secondary N) is 2. The van der Waals surface area contributed by atoms with Crippen LogP contribution in [-0.4, -0.2) is 45.3 Å². The van der Waals surface area contributed by atoms with Crippen LogP contribution in [0, 0.1) is 6.92 Å². The van der Waals surface area contributed by atoms with E-state index in [9.17, 15) is 22.8 Å². The number of carbonyl (C=O) groups excluding carboxylic acids is 3. The molecule has 0 saturated carbocycles. The van der Waals surface area contributed by atoms with Crippen molar-refractivity contribution < 1.29 is 27.5 Å². The third kappa shape index (κ3) is 6.78. The number of esters is 1. The lowest BCUT2D eigenvalue weighted by molar-refractivity contribution is -0.147. The zero-order valence-corrected chi connectivity index (χ0v) is 17.6. The minimum Gasteiger partial charge on any atom is -0.453 e. The number of hydrogen-bond donors (Lipinski definition) is 2. The molecular weight excluding hydrogens is 408 g/mol. The maximum Gasteiger partial charge on any atom is 0.326 e. The van der Waals surface area contributed by atoms with Crippen LogP contribution >= 0.6 is 0 Å². The topological polar surface area (TPSA) is 119 Å². The van der Waals surface area contributed by atoms with E-state index >= 15 is 0 Å². The number of ether oxygens (including phenoxy) is 1. The first-order chi connectivity index (χ1) is 14.2. The Balaban J connectivity index is 1.81. The second kappa shape index (κ2) is 10.7. The number of aryl methyl sites for hydroxylation is 1. The Morgan fingerprint density at radius 1 is 0.967 bits per heavy atom. The van der Waals surface area contributed by atoms with Crippen molar-refractivity contribution in [2.24, 2.45) is 0 Å². The summed E-state index contributed by atoms with van der Waals surface area (Å²) in [4.78, 5) is 36.3. The van der Waals surface area contributed by atoms with Gasteiger partial charge in [0.25, 0.3) is 0 Å². The lowest BCUT2D eigenvalue weighted by atomic mass is 10.0. The van der Waals surface area contributed by atoms with E-state index in [4.69, 9.17) is 4.74 Å². The lowest BCUT2D eigenvalue weighted by Crippen LogP contribution is -2.40. The van der Waals surface area contributed by atoms with Crippen molar-refractivity contribution in [3.8, 4) is 0 Å². The number of sulfonamides is 1. The molecule has 0 radical (unpaired) electrons. The van der Waals surface area contributed by atoms with E-state index < -0.39 is 41.1 Å². The molecule has 30 heavy (non-hydrogen) atoms. The van der Waals surface area contributed by atoms with Gasteiger partial charge in [0, 0.05) is 5.56 Å². The number of amides is 1. The van der Waals surface area contributed by atoms with Gasteiger partial charge in [-0.15, -0.1) is 0 Å². The predicted octanol–water partition coefficient (Wildman–Crippen LogP) is 1.59. The third-order valence-electron chi connectivity index (χ3n) is 4.18. The van der Waals surface area contributed by atoms with Crippen LogP contribution in [0.4, 0.5) is 0 Å². The maximum atomic E-state index is 12.4. The highest BCUT2D eigenvalue weighted by Gasteiger charge is 2.22. The molecule has 1 unspecified atom stereocenters. The van der Waals surface area contributed by atoms with Crippen LogP contribution in [-0.2, 0) is 24.3 Å². The molecule has 0 fully saturated rings. The fraction of sp³-hybridized carbons (Fsp3) is 0.286. The quantitative estimate of drug-likeness (QED) is 0.435. The van der Waals surface area contributed by atoms with Crippen molar-refractivity contribution in [2.45, 2.75) is 31.3 Å². The van der Waals surface area contributed by atoms with Crippen molar-refractivity contribution in [3.63, 3.8) is 0 Å². The first kappa shape index (κ1) is 23.2. The Kier molecular flexibility index (Phi) is 8.25. The normalized spacial score (nSPS) is 12.1. The summed E-state index contributed by atoms with van der Waals surface area (Å²) in [5, 5.41) is 2.27. The molecular formula is C21H24N2O6S. The van der Waals surface area contributed by atoms with Gasteiger partial charge >= 0.3 is 5.97 Å². The first-order valence-electron chi connectivity index (χ1n) is 9.34. The summed E-state index contributed by atoms with van der Waals surface area (Å²) in [6, 6.07) is 14.6. The van der Waals surface area contributed by atoms with Crippen LogP contribution in [0.2, 0.25) is 0 Å². The van der Waals surface area contributed by atoms with Crippen molar-refractivity contribution >= 4 is 27.7 Å². The Morgan fingerprint density at radius 2 is 1.60 bits per heavy atom. The van der Waals surface area contributed by atoms with Crippen LogP contribution in [0.1, 0.15) is 29.3 Å². The Labute approximate surface area is 175 Å². The van der Waals surface area contributed by atoms with E-state index in [-0.39, 0.29) is 17.1 Å². The van der Waals surface area contributed by atoms with Gasteiger partial charge in [0.05, 0.1) is 11.4 Å². The zero-order valence-electron chi connectivity index (χ0n) is 16.8. The van der Waals surface area contributed by atoms with Gasteiger partial charge in [-0.3, -0.25) is 14.4 Å². The highest BCUT2D eigenvalue weighted by molar-refractivity contribution is 7.89. The van der Waals surface area contributed by atoms with E-state index in [1.165, 1.54) is 12.1 Å². The third-order valence-corrected chi connectivity index (χ3v) is 5.60. The van der Waals surface area contributed by atoms with Gasteiger partial charge in [0.15, 0.2) is 6.10 Å². The van der Waals surface area contributed by atoms with Gasteiger partial charge in [-0.1, -0.05) is 55.0 Å². The summed E-state index contributed by atoms with van der Waals surface area (Å²) < 4.78 is 31.6. The number of Topliss-reactive ketones (excluding diaryl/α,β-unsaturated/α-hetero) is 1. The molecule has 0 bridgehead atoms. The fourth-order valence-corrected chi connectivity index (χ4v) is 3.49. The van der Waals surface area contributed by atoms with Crippen molar-refractivity contribution in [1.82, 2.24) is 10.0 Å². The highest BCUT2D eigenvalue weighted by Crippen LogP contribution is 2.10. The second-order valence-electron chi connectivity index (χ2n) is 6.53. The van der Waals surface area contributed by atoms with E-state index in [0.29, 0.717) is 5.56 Å². The van der Waals surface area contributed by atoms with Crippen molar-refractivity contribution in [1.29, 1.82) is 0 Å². The Bertz CT molecular complexity index is 988. The summed E-state index contributed by atoms with van der Waals surface area (Å²) in [6.45, 7) is 2.51. The van der Waals surface area contributed by atoms with Crippen LogP contribution in [0.15, 0.2) is 59.5 Å². The standard InChI is InChI=1S/C21H24N2O6S/c1-3-18(21(26)16-7-5-4-6-8-16)29-20(25)14-22-19(24)13-23-30(27,28)17-11-9-15(2)10-12-17/h4-12,18,23H,3,13-14H2,1-2H3,(H,22,24). The second-order valence-corrected chi connectivity index (χ2v) is 8.30. The molecule has 0 aliphatic rings. The molecule has 0 spiro atoms. The van der Waals surface area contributed by atoms with Crippen LogP contribution in [0.25, 0.3) is 0 Å². The maximum absolute atomic E-state index is 12.4. The van der Waals surface area contributed by atoms with Gasteiger partial charge in [-0.2, -0.15) is 0 Å². The van der Waals surface area contributed by atoms with Crippen LogP contribution in [0.3, 0.4) is 0 Å². The van der Waals surface area contributed by atoms with E-state index in [1.54, 1.807) is 49.4 Å². The summed E-state index contributed by atoms with van der Waals surface area (Å²) in [7, 11) is -3.85. The van der Waals surface area contributed by atoms with Gasteiger partial charge in [0.2, 0.25) is 21.7 Å². The summed E-state index contributed by atoms with van der Waals surface area (Å²) >= 11 is 0. The van der Waals surface area contributed by atoms with E-state index in [2.05, 4.69) is 10.0 Å². The zero-order chi connectivity index (χ0) is 22.1. The molecule has 160 valence electrons. The summed E-state index contributed by atoms with van der Waals surface area (Å²) in [5.41, 5.74) is 1.33. The SMILES string of the molecule is CCC(OC(=O)CNC(=O)CNS(=O)(=O)c1ccc(C)cc1)C(=O)c1ccccc1. The molecule has 0 aliphatic heterocycles. The minimum absolute atomic E-state index is 0.0329. The Morgan fingerprint density at radius 3 is 2.20 bits per heavy atom. The highest BCUT2D eigenvalue weighted by atomic mass is 32.2. The molecule has 2 rings (SSSR count). The number of ketones is 1. The number of hydrogen-bond acceptors (Lipinski definition) is 6. The average molecular weight is 432 g/mol. The lowest BCUT2D eigenvalue weighted by Gasteiger charge is -2.15. The molecule has 8 nitrogen and oxygen atoms in total. The smallest absolute Gasteiger partial charge is 0.326 e. The van der Waals surface area contributed by atoms with Crippen molar-refractivity contribution in [3.05, 3.63) is 65.7 Å². The van der Waals surface area contributed by atoms with E-state index in [1.807, 2.05) is 6.92 Å². The van der Waals surface area contributed by atoms with Crippen LogP contribution in [0.5, 0.6) is 0 Å². The largest absolute Gasteiger partial charge is 0.453 e. The van der Waals surface area contributed by atoms with Crippen LogP contribution < -0.4 is 10.0 Å².